The molecule has 8 heteroatoms. The van der Waals surface area contributed by atoms with E-state index in [1.54, 1.807) is 18.2 Å². The molecule has 1 heterocycles. The van der Waals surface area contributed by atoms with Crippen molar-refractivity contribution in [1.29, 1.82) is 0 Å². The van der Waals surface area contributed by atoms with Crippen LogP contribution in [0.4, 0.5) is 17.6 Å². The quantitative estimate of drug-likeness (QED) is 0.742. The molecule has 0 aromatic heterocycles. The van der Waals surface area contributed by atoms with E-state index < -0.39 is 17.6 Å². The summed E-state index contributed by atoms with van der Waals surface area (Å²) in [6.07, 6.45) is -4.78. The molecule has 132 valence electrons. The third-order valence-corrected chi connectivity index (χ3v) is 4.84. The molecule has 1 unspecified atom stereocenters. The van der Waals surface area contributed by atoms with Crippen molar-refractivity contribution in [1.82, 2.24) is 4.90 Å². The minimum atomic E-state index is -4.78. The topological polar surface area (TPSA) is 29.5 Å². The van der Waals surface area contributed by atoms with Crippen molar-refractivity contribution in [3.8, 4) is 5.75 Å². The molecule has 2 aromatic rings. The van der Waals surface area contributed by atoms with Gasteiger partial charge in [-0.05, 0) is 35.4 Å². The van der Waals surface area contributed by atoms with Gasteiger partial charge in [0.2, 0.25) is 5.91 Å². The number of nitrogens with zero attached hydrogens (tertiary/aromatic N) is 1. The van der Waals surface area contributed by atoms with E-state index in [0.29, 0.717) is 11.1 Å². The number of hydrogen-bond donors (Lipinski definition) is 0. The maximum Gasteiger partial charge on any atom is 0.573 e. The molecule has 0 N–H and O–H groups in total. The van der Waals surface area contributed by atoms with Gasteiger partial charge in [0.25, 0.3) is 0 Å². The van der Waals surface area contributed by atoms with E-state index in [0.717, 1.165) is 0 Å². The second-order valence-corrected chi connectivity index (χ2v) is 6.50. The molecule has 2 aromatic carbocycles. The van der Waals surface area contributed by atoms with Crippen molar-refractivity contribution in [3.63, 3.8) is 0 Å². The summed E-state index contributed by atoms with van der Waals surface area (Å²) in [5.74, 6) is -0.685. The highest BCUT2D eigenvalue weighted by Crippen LogP contribution is 2.40. The number of rotatable bonds is 4. The zero-order chi connectivity index (χ0) is 18.0. The third kappa shape index (κ3) is 4.45. The van der Waals surface area contributed by atoms with Crippen molar-refractivity contribution < 1.29 is 27.1 Å². The Morgan fingerprint density at radius 2 is 1.92 bits per heavy atom. The van der Waals surface area contributed by atoms with Gasteiger partial charge in [0, 0.05) is 6.54 Å². The highest BCUT2D eigenvalue weighted by atomic mass is 32.2. The van der Waals surface area contributed by atoms with Crippen LogP contribution in [0.2, 0.25) is 0 Å². The Labute approximate surface area is 145 Å². The first-order valence-electron chi connectivity index (χ1n) is 7.33. The SMILES string of the molecule is O=C1CSC(c2cccc(OC(F)(F)F)c2)N1Cc1cccc(F)c1. The lowest BCUT2D eigenvalue weighted by Gasteiger charge is -2.24. The number of benzene rings is 2. The van der Waals surface area contributed by atoms with Gasteiger partial charge in [-0.2, -0.15) is 0 Å². The van der Waals surface area contributed by atoms with Crippen molar-refractivity contribution in [3.05, 3.63) is 65.5 Å². The molecule has 1 fully saturated rings. The normalized spacial score (nSPS) is 17.8. The molecule has 1 saturated heterocycles. The molecule has 0 aliphatic carbocycles. The number of alkyl halides is 3. The number of carbonyl (C=O) groups is 1. The number of thioether (sulfide) groups is 1. The Kier molecular flexibility index (Phi) is 4.89. The first-order valence-corrected chi connectivity index (χ1v) is 8.38. The molecular formula is C17H13F4NO2S. The molecule has 0 radical (unpaired) electrons. The lowest BCUT2D eigenvalue weighted by atomic mass is 10.1. The molecular weight excluding hydrogens is 358 g/mol. The summed E-state index contributed by atoms with van der Waals surface area (Å²) in [6.45, 7) is 0.179. The highest BCUT2D eigenvalue weighted by molar-refractivity contribution is 8.00. The van der Waals surface area contributed by atoms with Crippen LogP contribution in [0.25, 0.3) is 0 Å². The van der Waals surface area contributed by atoms with E-state index in [1.165, 1.54) is 47.0 Å². The summed E-state index contributed by atoms with van der Waals surface area (Å²) in [5.41, 5.74) is 1.14. The zero-order valence-electron chi connectivity index (χ0n) is 12.8. The van der Waals surface area contributed by atoms with Gasteiger partial charge in [-0.1, -0.05) is 24.3 Å². The minimum absolute atomic E-state index is 0.151. The predicted octanol–water partition coefficient (Wildman–Crippen LogP) is 4.50. The number of amides is 1. The van der Waals surface area contributed by atoms with Crippen LogP contribution >= 0.6 is 11.8 Å². The van der Waals surface area contributed by atoms with Gasteiger partial charge < -0.3 is 9.64 Å². The van der Waals surface area contributed by atoms with E-state index >= 15 is 0 Å². The Bertz CT molecular complexity index is 781. The van der Waals surface area contributed by atoms with Gasteiger partial charge in [-0.3, -0.25) is 4.79 Å². The smallest absolute Gasteiger partial charge is 0.406 e. The number of carbonyl (C=O) groups excluding carboxylic acids is 1. The van der Waals surface area contributed by atoms with Crippen LogP contribution in [0.15, 0.2) is 48.5 Å². The summed E-state index contributed by atoms with van der Waals surface area (Å²) in [5, 5.41) is -0.451. The lowest BCUT2D eigenvalue weighted by molar-refractivity contribution is -0.274. The molecule has 25 heavy (non-hydrogen) atoms. The van der Waals surface area contributed by atoms with Gasteiger partial charge in [-0.15, -0.1) is 24.9 Å². The Balaban J connectivity index is 1.83. The van der Waals surface area contributed by atoms with E-state index in [-0.39, 0.29) is 24.0 Å². The lowest BCUT2D eigenvalue weighted by Crippen LogP contribution is -2.27. The van der Waals surface area contributed by atoms with Gasteiger partial charge in [-0.25, -0.2) is 4.39 Å². The van der Waals surface area contributed by atoms with Gasteiger partial charge in [0.1, 0.15) is 16.9 Å². The molecule has 1 aliphatic heterocycles. The van der Waals surface area contributed by atoms with Gasteiger partial charge in [0.05, 0.1) is 5.75 Å². The molecule has 1 atom stereocenters. The van der Waals surface area contributed by atoms with Gasteiger partial charge >= 0.3 is 6.36 Å². The van der Waals surface area contributed by atoms with Crippen LogP contribution in [0.1, 0.15) is 16.5 Å². The summed E-state index contributed by atoms with van der Waals surface area (Å²) in [7, 11) is 0. The molecule has 3 nitrogen and oxygen atoms in total. The van der Waals surface area contributed by atoms with E-state index in [9.17, 15) is 22.4 Å². The molecule has 1 amide bonds. The molecule has 0 saturated carbocycles. The fraction of sp³-hybridized carbons (Fsp3) is 0.235. The van der Waals surface area contributed by atoms with E-state index in [2.05, 4.69) is 4.74 Å². The fourth-order valence-corrected chi connectivity index (χ4v) is 3.78. The second kappa shape index (κ2) is 6.95. The summed E-state index contributed by atoms with van der Waals surface area (Å²) in [4.78, 5) is 13.7. The van der Waals surface area contributed by atoms with Crippen molar-refractivity contribution >= 4 is 17.7 Å². The second-order valence-electron chi connectivity index (χ2n) is 5.44. The predicted molar refractivity (Wildman–Crippen MR) is 85.3 cm³/mol. The van der Waals surface area contributed by atoms with Crippen LogP contribution in [0.5, 0.6) is 5.75 Å². The average molecular weight is 371 g/mol. The summed E-state index contributed by atoms with van der Waals surface area (Å²) >= 11 is 1.31. The van der Waals surface area contributed by atoms with Crippen LogP contribution in [-0.2, 0) is 11.3 Å². The molecule has 3 rings (SSSR count). The Morgan fingerprint density at radius 1 is 1.16 bits per heavy atom. The molecule has 0 spiro atoms. The van der Waals surface area contributed by atoms with Crippen molar-refractivity contribution in [2.24, 2.45) is 0 Å². The first kappa shape index (κ1) is 17.6. The van der Waals surface area contributed by atoms with Gasteiger partial charge in [0.15, 0.2) is 0 Å². The minimum Gasteiger partial charge on any atom is -0.406 e. The third-order valence-electron chi connectivity index (χ3n) is 3.59. The molecule has 1 aliphatic rings. The Morgan fingerprint density at radius 3 is 2.64 bits per heavy atom. The maximum absolute atomic E-state index is 13.3. The summed E-state index contributed by atoms with van der Waals surface area (Å²) in [6, 6.07) is 11.4. The number of ether oxygens (including phenoxy) is 1. The first-order chi connectivity index (χ1) is 11.8. The number of halogens is 4. The largest absolute Gasteiger partial charge is 0.573 e. The maximum atomic E-state index is 13.3. The van der Waals surface area contributed by atoms with Crippen molar-refractivity contribution in [2.75, 3.05) is 5.75 Å². The van der Waals surface area contributed by atoms with Crippen molar-refractivity contribution in [2.45, 2.75) is 18.3 Å². The van der Waals surface area contributed by atoms with E-state index in [1.807, 2.05) is 0 Å². The zero-order valence-corrected chi connectivity index (χ0v) is 13.6. The van der Waals surface area contributed by atoms with Crippen LogP contribution in [-0.4, -0.2) is 22.9 Å². The standard InChI is InChI=1S/C17H13F4NO2S/c18-13-5-1-3-11(7-13)9-22-15(23)10-25-16(22)12-4-2-6-14(8-12)24-17(19,20)21/h1-8,16H,9-10H2. The monoisotopic (exact) mass is 371 g/mol. The van der Waals surface area contributed by atoms with E-state index in [4.69, 9.17) is 0 Å². The van der Waals surface area contributed by atoms with Crippen LogP contribution in [0, 0.1) is 5.82 Å². The number of hydrogen-bond acceptors (Lipinski definition) is 3. The Hall–Kier alpha value is -2.22. The summed E-state index contributed by atoms with van der Waals surface area (Å²) < 4.78 is 54.4. The molecule has 0 bridgehead atoms. The van der Waals surface area contributed by atoms with Crippen LogP contribution < -0.4 is 4.74 Å². The fourth-order valence-electron chi connectivity index (χ4n) is 2.60. The highest BCUT2D eigenvalue weighted by Gasteiger charge is 2.34. The van der Waals surface area contributed by atoms with Crippen LogP contribution in [0.3, 0.4) is 0 Å². The average Bonchev–Trinajstić information content (AvgIpc) is 2.87.